The molecule has 0 N–H and O–H groups in total. The molecule has 0 bridgehead atoms. The van der Waals surface area contributed by atoms with E-state index in [0.29, 0.717) is 11.9 Å². The zero-order valence-corrected chi connectivity index (χ0v) is 12.0. The van der Waals surface area contributed by atoms with E-state index >= 15 is 0 Å². The van der Waals surface area contributed by atoms with Crippen molar-refractivity contribution in [1.29, 1.82) is 0 Å². The molecule has 3 nitrogen and oxygen atoms in total. The Morgan fingerprint density at radius 2 is 2.12 bits per heavy atom. The Balaban J connectivity index is 2.13. The Kier molecular flexibility index (Phi) is 4.64. The summed E-state index contributed by atoms with van der Waals surface area (Å²) < 4.78 is 1.08. The van der Waals surface area contributed by atoms with Crippen molar-refractivity contribution in [3.63, 3.8) is 0 Å². The van der Waals surface area contributed by atoms with E-state index in [0.717, 1.165) is 22.5 Å². The minimum absolute atomic E-state index is 0.520. The second-order valence-corrected chi connectivity index (χ2v) is 5.65. The molecule has 1 aromatic heterocycles. The second-order valence-electron chi connectivity index (χ2n) is 4.02. The summed E-state index contributed by atoms with van der Waals surface area (Å²) in [6, 6.07) is 0.520. The lowest BCUT2D eigenvalue weighted by Gasteiger charge is -2.35. The highest BCUT2D eigenvalue weighted by Crippen LogP contribution is 2.23. The van der Waals surface area contributed by atoms with Crippen molar-refractivity contribution >= 4 is 40.1 Å². The lowest BCUT2D eigenvalue weighted by Crippen LogP contribution is -2.40. The Morgan fingerprint density at radius 1 is 1.38 bits per heavy atom. The van der Waals surface area contributed by atoms with E-state index in [4.69, 9.17) is 11.6 Å². The Morgan fingerprint density at radius 3 is 2.81 bits per heavy atom. The fourth-order valence-corrected chi connectivity index (χ4v) is 2.67. The normalized spacial score (nSPS) is 21.1. The highest BCUT2D eigenvalue weighted by molar-refractivity contribution is 14.1. The molecule has 1 aliphatic rings. The Hall–Kier alpha value is -0.100. The van der Waals surface area contributed by atoms with Gasteiger partial charge in [0.05, 0.1) is 0 Å². The lowest BCUT2D eigenvalue weighted by molar-refractivity contribution is 0.444. The molecule has 1 atom stereocenters. The van der Waals surface area contributed by atoms with E-state index in [1.54, 1.807) is 0 Å². The van der Waals surface area contributed by atoms with Gasteiger partial charge in [-0.3, -0.25) is 0 Å². The molecule has 5 heteroatoms. The fourth-order valence-electron chi connectivity index (χ4n) is 2.14. The summed E-state index contributed by atoms with van der Waals surface area (Å²) >= 11 is 8.07. The summed E-state index contributed by atoms with van der Waals surface area (Å²) in [5, 5.41) is 0. The number of alkyl halides is 1. The molecular weight excluding hydrogens is 336 g/mol. The van der Waals surface area contributed by atoms with Crippen LogP contribution in [0, 0.1) is 3.57 Å². The maximum atomic E-state index is 5.84. The van der Waals surface area contributed by atoms with Crippen LogP contribution in [0.2, 0.25) is 0 Å². The van der Waals surface area contributed by atoms with Crippen LogP contribution >= 0.6 is 34.2 Å². The quantitative estimate of drug-likeness (QED) is 0.619. The Labute approximate surface area is 115 Å². The van der Waals surface area contributed by atoms with E-state index in [-0.39, 0.29) is 0 Å². The number of rotatable bonds is 3. The maximum Gasteiger partial charge on any atom is 0.225 e. The number of anilines is 1. The Bertz CT molecular complexity index is 329. The summed E-state index contributed by atoms with van der Waals surface area (Å²) in [5.41, 5.74) is 0. The molecule has 0 radical (unpaired) electrons. The molecule has 0 spiro atoms. The predicted molar refractivity (Wildman–Crippen MR) is 75.1 cm³/mol. The molecule has 2 rings (SSSR count). The molecule has 1 saturated heterocycles. The van der Waals surface area contributed by atoms with Crippen LogP contribution in [0.4, 0.5) is 5.95 Å². The topological polar surface area (TPSA) is 29.0 Å². The summed E-state index contributed by atoms with van der Waals surface area (Å²) in [5.74, 6) is 1.57. The highest BCUT2D eigenvalue weighted by atomic mass is 127. The first kappa shape index (κ1) is 12.4. The molecule has 1 aromatic rings. The van der Waals surface area contributed by atoms with Crippen molar-refractivity contribution in [1.82, 2.24) is 9.97 Å². The van der Waals surface area contributed by atoms with Crippen molar-refractivity contribution in [3.8, 4) is 0 Å². The van der Waals surface area contributed by atoms with Crippen LogP contribution in [0.1, 0.15) is 25.7 Å². The number of hydrogen-bond donors (Lipinski definition) is 0. The van der Waals surface area contributed by atoms with Crippen molar-refractivity contribution in [2.45, 2.75) is 31.7 Å². The number of nitrogens with zero attached hydrogens (tertiary/aromatic N) is 3. The van der Waals surface area contributed by atoms with Crippen molar-refractivity contribution in [3.05, 3.63) is 16.0 Å². The van der Waals surface area contributed by atoms with Gasteiger partial charge >= 0.3 is 0 Å². The fraction of sp³-hybridized carbons (Fsp3) is 0.636. The monoisotopic (exact) mass is 351 g/mol. The smallest absolute Gasteiger partial charge is 0.225 e. The maximum absolute atomic E-state index is 5.84. The van der Waals surface area contributed by atoms with Gasteiger partial charge in [0.2, 0.25) is 5.95 Å². The molecule has 0 aliphatic carbocycles. The number of hydrogen-bond acceptors (Lipinski definition) is 3. The summed E-state index contributed by atoms with van der Waals surface area (Å²) in [6.45, 7) is 1.06. The molecule has 0 amide bonds. The summed E-state index contributed by atoms with van der Waals surface area (Å²) in [4.78, 5) is 11.1. The molecule has 1 unspecified atom stereocenters. The number of aromatic nitrogens is 2. The highest BCUT2D eigenvalue weighted by Gasteiger charge is 2.23. The minimum Gasteiger partial charge on any atom is -0.338 e. The average Bonchev–Trinajstić information content (AvgIpc) is 2.32. The third-order valence-corrected chi connectivity index (χ3v) is 3.71. The molecule has 1 fully saturated rings. The van der Waals surface area contributed by atoms with Gasteiger partial charge in [-0.05, 0) is 48.3 Å². The standard InChI is InChI=1S/C11H15ClIN3/c12-5-4-10-3-1-2-6-16(10)11-14-7-9(13)8-15-11/h7-8,10H,1-6H2. The zero-order chi connectivity index (χ0) is 11.4. The van der Waals surface area contributed by atoms with E-state index in [9.17, 15) is 0 Å². The van der Waals surface area contributed by atoms with Gasteiger partial charge in [0, 0.05) is 34.4 Å². The van der Waals surface area contributed by atoms with Gasteiger partial charge < -0.3 is 4.90 Å². The molecule has 0 saturated carbocycles. The molecule has 2 heterocycles. The van der Waals surface area contributed by atoms with Crippen molar-refractivity contribution < 1.29 is 0 Å². The second kappa shape index (κ2) is 6.00. The van der Waals surface area contributed by atoms with Crippen LogP contribution in [0.5, 0.6) is 0 Å². The van der Waals surface area contributed by atoms with Crippen LogP contribution in [-0.2, 0) is 0 Å². The molecule has 0 aromatic carbocycles. The minimum atomic E-state index is 0.520. The van der Waals surface area contributed by atoms with E-state index in [1.165, 1.54) is 19.3 Å². The van der Waals surface area contributed by atoms with Gasteiger partial charge in [-0.25, -0.2) is 9.97 Å². The number of piperidine rings is 1. The van der Waals surface area contributed by atoms with E-state index < -0.39 is 0 Å². The number of halogens is 2. The van der Waals surface area contributed by atoms with Crippen LogP contribution < -0.4 is 4.90 Å². The SMILES string of the molecule is ClCCC1CCCCN1c1ncc(I)cn1. The average molecular weight is 352 g/mol. The molecule has 16 heavy (non-hydrogen) atoms. The van der Waals surface area contributed by atoms with E-state index in [1.807, 2.05) is 12.4 Å². The van der Waals surface area contributed by atoms with Crippen LogP contribution in [-0.4, -0.2) is 28.4 Å². The molecule has 88 valence electrons. The largest absolute Gasteiger partial charge is 0.338 e. The third kappa shape index (κ3) is 2.97. The summed E-state index contributed by atoms with van der Waals surface area (Å²) in [7, 11) is 0. The lowest BCUT2D eigenvalue weighted by atomic mass is 10.0. The van der Waals surface area contributed by atoms with Crippen molar-refractivity contribution in [2.75, 3.05) is 17.3 Å². The predicted octanol–water partition coefficient (Wildman–Crippen LogP) is 3.07. The van der Waals surface area contributed by atoms with Gasteiger partial charge in [0.25, 0.3) is 0 Å². The molecule has 1 aliphatic heterocycles. The third-order valence-electron chi connectivity index (χ3n) is 2.93. The zero-order valence-electron chi connectivity index (χ0n) is 9.07. The van der Waals surface area contributed by atoms with Gasteiger partial charge in [0.15, 0.2) is 0 Å². The first-order valence-electron chi connectivity index (χ1n) is 5.61. The van der Waals surface area contributed by atoms with Gasteiger partial charge in [0.1, 0.15) is 0 Å². The van der Waals surface area contributed by atoms with Gasteiger partial charge in [-0.1, -0.05) is 0 Å². The van der Waals surface area contributed by atoms with Crippen LogP contribution in [0.15, 0.2) is 12.4 Å². The van der Waals surface area contributed by atoms with Gasteiger partial charge in [-0.2, -0.15) is 0 Å². The first-order valence-corrected chi connectivity index (χ1v) is 7.23. The van der Waals surface area contributed by atoms with Crippen LogP contribution in [0.25, 0.3) is 0 Å². The van der Waals surface area contributed by atoms with Gasteiger partial charge in [-0.15, -0.1) is 11.6 Å². The first-order chi connectivity index (χ1) is 7.81. The van der Waals surface area contributed by atoms with Crippen molar-refractivity contribution in [2.24, 2.45) is 0 Å². The summed E-state index contributed by atoms with van der Waals surface area (Å²) in [6.07, 6.45) is 8.50. The van der Waals surface area contributed by atoms with E-state index in [2.05, 4.69) is 37.5 Å². The van der Waals surface area contributed by atoms with Crippen LogP contribution in [0.3, 0.4) is 0 Å². The molecular formula is C11H15ClIN3.